The van der Waals surface area contributed by atoms with Gasteiger partial charge in [-0.15, -0.1) is 0 Å². The molecular formula is C66H43N. The van der Waals surface area contributed by atoms with E-state index in [2.05, 4.69) is 266 Å². The highest BCUT2D eigenvalue weighted by Crippen LogP contribution is 2.47. The van der Waals surface area contributed by atoms with Gasteiger partial charge >= 0.3 is 0 Å². The lowest BCUT2D eigenvalue weighted by atomic mass is 9.84. The lowest BCUT2D eigenvalue weighted by Gasteiger charge is -2.27. The number of benzene rings is 13. The first-order chi connectivity index (χ1) is 33.2. The Bertz CT molecular complexity index is 4000. The van der Waals surface area contributed by atoms with Crippen molar-refractivity contribution in [2.45, 2.75) is 0 Å². The predicted octanol–water partition coefficient (Wildman–Crippen LogP) is 18.7. The molecule has 0 N–H and O–H groups in total. The third kappa shape index (κ3) is 6.63. The van der Waals surface area contributed by atoms with Gasteiger partial charge in [0.2, 0.25) is 0 Å². The average molecular weight is 850 g/mol. The third-order valence-corrected chi connectivity index (χ3v) is 13.8. The maximum atomic E-state index is 2.42. The second kappa shape index (κ2) is 16.0. The Kier molecular flexibility index (Phi) is 9.25. The van der Waals surface area contributed by atoms with Crippen molar-refractivity contribution in [3.63, 3.8) is 0 Å². The van der Waals surface area contributed by atoms with Gasteiger partial charge in [-0.25, -0.2) is 0 Å². The van der Waals surface area contributed by atoms with Gasteiger partial charge in [0.15, 0.2) is 0 Å². The van der Waals surface area contributed by atoms with Crippen molar-refractivity contribution in [3.05, 3.63) is 261 Å². The van der Waals surface area contributed by atoms with Crippen LogP contribution in [0.5, 0.6) is 0 Å². The van der Waals surface area contributed by atoms with Gasteiger partial charge < -0.3 is 4.90 Å². The van der Waals surface area contributed by atoms with E-state index in [1.807, 2.05) is 0 Å². The lowest BCUT2D eigenvalue weighted by Crippen LogP contribution is -2.10. The molecule has 67 heavy (non-hydrogen) atoms. The summed E-state index contributed by atoms with van der Waals surface area (Å²) in [7, 11) is 0. The summed E-state index contributed by atoms with van der Waals surface area (Å²) in [6.45, 7) is 0. The summed E-state index contributed by atoms with van der Waals surface area (Å²) in [4.78, 5) is 2.42. The normalized spacial score (nSPS) is 11.6. The van der Waals surface area contributed by atoms with Gasteiger partial charge in [0.25, 0.3) is 0 Å². The van der Waals surface area contributed by atoms with E-state index in [1.165, 1.54) is 109 Å². The Morgan fingerprint density at radius 2 is 0.597 bits per heavy atom. The maximum Gasteiger partial charge on any atom is 0.0540 e. The molecule has 0 heterocycles. The van der Waals surface area contributed by atoms with Crippen molar-refractivity contribution in [3.8, 4) is 44.5 Å². The van der Waals surface area contributed by atoms with Crippen molar-refractivity contribution in [2.24, 2.45) is 0 Å². The zero-order chi connectivity index (χ0) is 44.3. The zero-order valence-electron chi connectivity index (χ0n) is 36.8. The smallest absolute Gasteiger partial charge is 0.0540 e. The molecule has 13 rings (SSSR count). The molecule has 0 spiro atoms. The monoisotopic (exact) mass is 849 g/mol. The van der Waals surface area contributed by atoms with E-state index in [1.54, 1.807) is 0 Å². The van der Waals surface area contributed by atoms with E-state index < -0.39 is 0 Å². The molecule has 0 unspecified atom stereocenters. The van der Waals surface area contributed by atoms with Gasteiger partial charge in [-0.2, -0.15) is 0 Å². The first-order valence-corrected chi connectivity index (χ1v) is 23.2. The van der Waals surface area contributed by atoms with Gasteiger partial charge in [-0.05, 0) is 146 Å². The summed E-state index contributed by atoms with van der Waals surface area (Å²) in [5.41, 5.74) is 13.0. The number of nitrogens with zero attached hydrogens (tertiary/aromatic N) is 1. The fraction of sp³-hybridized carbons (Fsp3) is 0. The minimum absolute atomic E-state index is 1.10. The van der Waals surface area contributed by atoms with Crippen LogP contribution in [-0.4, -0.2) is 0 Å². The Morgan fingerprint density at radius 1 is 0.194 bits per heavy atom. The van der Waals surface area contributed by atoms with Crippen LogP contribution in [0, 0.1) is 0 Å². The molecule has 0 amide bonds. The molecule has 1 nitrogen and oxygen atoms in total. The molecular weight excluding hydrogens is 807 g/mol. The van der Waals surface area contributed by atoms with Crippen LogP contribution in [0.4, 0.5) is 17.1 Å². The van der Waals surface area contributed by atoms with Crippen LogP contribution in [0.2, 0.25) is 0 Å². The fourth-order valence-electron chi connectivity index (χ4n) is 10.6. The van der Waals surface area contributed by atoms with E-state index in [9.17, 15) is 0 Å². The molecule has 0 aliphatic heterocycles. The first-order valence-electron chi connectivity index (χ1n) is 23.2. The summed E-state index contributed by atoms with van der Waals surface area (Å²) >= 11 is 0. The number of hydrogen-bond acceptors (Lipinski definition) is 1. The molecule has 0 radical (unpaired) electrons. The molecule has 0 fully saturated rings. The second-order valence-corrected chi connectivity index (χ2v) is 17.6. The van der Waals surface area contributed by atoms with E-state index >= 15 is 0 Å². The SMILES string of the molecule is c1ccc(-c2c(-c3ccccc3)c3cc(-c4ccc(N(c5ccc(-c6ccc7c(ccc8ccccc87)c6)cc5)c5cccc6c5ccc5ccccc56)cc4)ccc3c3ccccc23)cc1. The minimum Gasteiger partial charge on any atom is -0.310 e. The van der Waals surface area contributed by atoms with Crippen molar-refractivity contribution in [1.82, 2.24) is 0 Å². The van der Waals surface area contributed by atoms with Crippen LogP contribution in [-0.2, 0) is 0 Å². The van der Waals surface area contributed by atoms with E-state index in [4.69, 9.17) is 0 Å². The van der Waals surface area contributed by atoms with Gasteiger partial charge in [0.1, 0.15) is 0 Å². The van der Waals surface area contributed by atoms with Crippen LogP contribution < -0.4 is 4.90 Å². The standard InChI is InChI=1S/C66H43N/c1-3-16-48(17-4-1)65-62-23-12-11-22-59(62)60-40-34-51(43-63(60)66(65)49-18-5-2-6-19-49)45-30-37-54(38-31-45)67(64-25-13-24-58-56-21-10-8-15-47(56)32-41-61(58)64)53-35-28-44(29-36-53)50-33-39-57-52(42-50)27-26-46-14-7-9-20-55(46)57/h1-43H. The summed E-state index contributed by atoms with van der Waals surface area (Å²) in [6, 6.07) is 95.8. The molecule has 0 aliphatic carbocycles. The molecule has 0 aromatic heterocycles. The van der Waals surface area contributed by atoms with Crippen LogP contribution in [0.15, 0.2) is 261 Å². The maximum absolute atomic E-state index is 2.42. The summed E-state index contributed by atoms with van der Waals surface area (Å²) in [6.07, 6.45) is 0. The van der Waals surface area contributed by atoms with E-state index in [0.717, 1.165) is 17.1 Å². The molecule has 13 aromatic rings. The van der Waals surface area contributed by atoms with Crippen LogP contribution in [0.1, 0.15) is 0 Å². The zero-order valence-corrected chi connectivity index (χ0v) is 36.8. The highest BCUT2D eigenvalue weighted by molar-refractivity contribution is 6.22. The number of fused-ring (bicyclic) bond motifs is 9. The van der Waals surface area contributed by atoms with Crippen molar-refractivity contribution < 1.29 is 0 Å². The quantitative estimate of drug-likeness (QED) is 0.144. The Balaban J connectivity index is 0.946. The molecule has 13 aromatic carbocycles. The number of anilines is 3. The third-order valence-electron chi connectivity index (χ3n) is 13.8. The summed E-state index contributed by atoms with van der Waals surface area (Å²) < 4.78 is 0. The van der Waals surface area contributed by atoms with Crippen molar-refractivity contribution >= 4 is 81.7 Å². The summed E-state index contributed by atoms with van der Waals surface area (Å²) in [5.74, 6) is 0. The van der Waals surface area contributed by atoms with E-state index in [-0.39, 0.29) is 0 Å². The van der Waals surface area contributed by atoms with Crippen LogP contribution in [0.3, 0.4) is 0 Å². The topological polar surface area (TPSA) is 3.24 Å². The van der Waals surface area contributed by atoms with E-state index in [0.29, 0.717) is 0 Å². The lowest BCUT2D eigenvalue weighted by molar-refractivity contribution is 1.30. The predicted molar refractivity (Wildman–Crippen MR) is 288 cm³/mol. The minimum atomic E-state index is 1.10. The Hall–Kier alpha value is -8.78. The molecule has 0 aliphatic rings. The highest BCUT2D eigenvalue weighted by atomic mass is 15.1. The highest BCUT2D eigenvalue weighted by Gasteiger charge is 2.20. The molecule has 0 bridgehead atoms. The van der Waals surface area contributed by atoms with Crippen molar-refractivity contribution in [1.29, 1.82) is 0 Å². The van der Waals surface area contributed by atoms with Gasteiger partial charge in [-0.3, -0.25) is 0 Å². The Morgan fingerprint density at radius 3 is 1.24 bits per heavy atom. The van der Waals surface area contributed by atoms with Crippen molar-refractivity contribution in [2.75, 3.05) is 4.90 Å². The number of rotatable bonds is 7. The molecule has 312 valence electrons. The van der Waals surface area contributed by atoms with Gasteiger partial charge in [-0.1, -0.05) is 218 Å². The second-order valence-electron chi connectivity index (χ2n) is 17.6. The molecule has 1 heteroatoms. The van der Waals surface area contributed by atoms with Crippen LogP contribution >= 0.6 is 0 Å². The largest absolute Gasteiger partial charge is 0.310 e. The summed E-state index contributed by atoms with van der Waals surface area (Å²) in [5, 5.41) is 15.0. The average Bonchev–Trinajstić information content (AvgIpc) is 3.41. The first kappa shape index (κ1) is 38.7. The van der Waals surface area contributed by atoms with Gasteiger partial charge in [0.05, 0.1) is 5.69 Å². The number of hydrogen-bond donors (Lipinski definition) is 0. The molecule has 0 saturated carbocycles. The van der Waals surface area contributed by atoms with Crippen LogP contribution in [0.25, 0.3) is 109 Å². The fourth-order valence-corrected chi connectivity index (χ4v) is 10.6. The van der Waals surface area contributed by atoms with Gasteiger partial charge in [0, 0.05) is 16.8 Å². The Labute approximate surface area is 390 Å². The molecule has 0 atom stereocenters. The molecule has 0 saturated heterocycles.